The average molecular weight is 381 g/mol. The van der Waals surface area contributed by atoms with Crippen molar-refractivity contribution in [2.24, 2.45) is 5.73 Å². The highest BCUT2D eigenvalue weighted by Crippen LogP contribution is 2.39. The smallest absolute Gasteiger partial charge is 0.308 e. The maximum absolute atomic E-state index is 14.7. The summed E-state index contributed by atoms with van der Waals surface area (Å²) in [5, 5.41) is 10.2. The molecule has 3 N–H and O–H groups in total. The van der Waals surface area contributed by atoms with Crippen LogP contribution in [0.1, 0.15) is 30.0 Å². The van der Waals surface area contributed by atoms with E-state index >= 15 is 0 Å². The number of hydrogen-bond donors (Lipinski definition) is 3. The van der Waals surface area contributed by atoms with Gasteiger partial charge in [-0.2, -0.15) is 12.6 Å². The van der Waals surface area contributed by atoms with Gasteiger partial charge in [0.2, 0.25) is 0 Å². The number of ether oxygens (including phenoxy) is 1. The van der Waals surface area contributed by atoms with Crippen molar-refractivity contribution < 1.29 is 23.4 Å². The van der Waals surface area contributed by atoms with E-state index < -0.39 is 22.5 Å². The molecule has 0 fully saturated rings. The Balaban J connectivity index is 2.61. The molecule has 0 amide bonds. The molecule has 2 aromatic rings. The summed E-state index contributed by atoms with van der Waals surface area (Å²) in [6.07, 6.45) is -0.349. The molecule has 0 aliphatic carbocycles. The van der Waals surface area contributed by atoms with Crippen LogP contribution in [0.4, 0.5) is 8.78 Å². The highest BCUT2D eigenvalue weighted by molar-refractivity contribution is 7.81. The summed E-state index contributed by atoms with van der Waals surface area (Å²) >= 11 is 4.26. The van der Waals surface area contributed by atoms with Crippen LogP contribution in [0.25, 0.3) is 11.1 Å². The Bertz CT molecular complexity index is 853. The minimum atomic E-state index is -1.63. The predicted molar refractivity (Wildman–Crippen MR) is 99.0 cm³/mol. The average Bonchev–Trinajstić information content (AvgIpc) is 2.54. The van der Waals surface area contributed by atoms with Gasteiger partial charge in [0.1, 0.15) is 17.4 Å². The number of rotatable bonds is 5. The molecule has 0 saturated heterocycles. The molecule has 4 nitrogen and oxygen atoms in total. The minimum absolute atomic E-state index is 0.0352. The van der Waals surface area contributed by atoms with Crippen LogP contribution in [0.5, 0.6) is 5.75 Å². The van der Waals surface area contributed by atoms with E-state index in [4.69, 9.17) is 10.5 Å². The van der Waals surface area contributed by atoms with Crippen LogP contribution in [-0.2, 0) is 14.4 Å². The lowest BCUT2D eigenvalue weighted by atomic mass is 9.92. The molecule has 2 aromatic carbocycles. The van der Waals surface area contributed by atoms with Gasteiger partial charge in [-0.3, -0.25) is 4.79 Å². The molecule has 0 heterocycles. The normalized spacial score (nSPS) is 13.3. The molecule has 0 aliphatic rings. The lowest BCUT2D eigenvalue weighted by molar-refractivity contribution is -0.143. The van der Waals surface area contributed by atoms with E-state index in [2.05, 4.69) is 12.6 Å². The zero-order valence-electron chi connectivity index (χ0n) is 14.8. The second-order valence-electron chi connectivity index (χ2n) is 6.13. The first kappa shape index (κ1) is 20.2. The molecule has 1 atom stereocenters. The Morgan fingerprint density at radius 3 is 2.58 bits per heavy atom. The summed E-state index contributed by atoms with van der Waals surface area (Å²) < 4.78 is 33.5. The van der Waals surface area contributed by atoms with Crippen LogP contribution in [0.15, 0.2) is 24.3 Å². The molecule has 140 valence electrons. The molecular formula is C19H21F2NO3S. The maximum atomic E-state index is 14.7. The molecular weight excluding hydrogens is 360 g/mol. The second-order valence-corrected chi connectivity index (χ2v) is 6.93. The predicted octanol–water partition coefficient (Wildman–Crippen LogP) is 3.95. The first-order chi connectivity index (χ1) is 12.1. The highest BCUT2D eigenvalue weighted by Gasteiger charge is 2.31. The van der Waals surface area contributed by atoms with Crippen molar-refractivity contribution in [3.8, 4) is 16.9 Å². The van der Waals surface area contributed by atoms with Crippen molar-refractivity contribution in [3.05, 3.63) is 52.6 Å². The molecule has 0 aromatic heterocycles. The third kappa shape index (κ3) is 3.99. The van der Waals surface area contributed by atoms with Crippen molar-refractivity contribution in [2.45, 2.75) is 32.1 Å². The van der Waals surface area contributed by atoms with Crippen LogP contribution in [0.3, 0.4) is 0 Å². The standard InChI is InChI=1S/C19H21F2NO3S/c1-4-25-16(24)9-19(22,26)13-8-12(7-10(2)18(13)21)17-11(3)14(20)5-6-15(17)23/h5-8,23,26H,4,9,22H2,1-3H3/t19-/m0/s1. The summed E-state index contributed by atoms with van der Waals surface area (Å²) in [5.41, 5.74) is 7.10. The molecule has 7 heteroatoms. The first-order valence-electron chi connectivity index (χ1n) is 8.04. The number of aromatic hydroxyl groups is 1. The number of carbonyl (C=O) groups excluding carboxylic acids is 1. The van der Waals surface area contributed by atoms with E-state index in [9.17, 15) is 18.7 Å². The number of hydrogen-bond acceptors (Lipinski definition) is 5. The molecule has 0 unspecified atom stereocenters. The van der Waals surface area contributed by atoms with Crippen molar-refractivity contribution in [1.29, 1.82) is 0 Å². The van der Waals surface area contributed by atoms with Gasteiger partial charge in [-0.25, -0.2) is 8.78 Å². The minimum Gasteiger partial charge on any atom is -0.507 e. The molecule has 2 rings (SSSR count). The van der Waals surface area contributed by atoms with E-state index in [0.29, 0.717) is 5.56 Å². The van der Waals surface area contributed by atoms with Crippen LogP contribution in [0.2, 0.25) is 0 Å². The van der Waals surface area contributed by atoms with Crippen LogP contribution < -0.4 is 5.73 Å². The third-order valence-electron chi connectivity index (χ3n) is 4.11. The van der Waals surface area contributed by atoms with Gasteiger partial charge in [0, 0.05) is 11.1 Å². The van der Waals surface area contributed by atoms with Gasteiger partial charge in [0.15, 0.2) is 0 Å². The third-order valence-corrected chi connectivity index (χ3v) is 4.50. The monoisotopic (exact) mass is 381 g/mol. The molecule has 0 bridgehead atoms. The summed E-state index contributed by atoms with van der Waals surface area (Å²) in [7, 11) is 0. The van der Waals surface area contributed by atoms with Gasteiger partial charge < -0.3 is 15.6 Å². The van der Waals surface area contributed by atoms with Gasteiger partial charge in [-0.15, -0.1) is 0 Å². The maximum Gasteiger partial charge on any atom is 0.308 e. The van der Waals surface area contributed by atoms with E-state index in [0.717, 1.165) is 6.07 Å². The van der Waals surface area contributed by atoms with E-state index in [-0.39, 0.29) is 41.0 Å². The summed E-state index contributed by atoms with van der Waals surface area (Å²) in [6.45, 7) is 4.84. The lowest BCUT2D eigenvalue weighted by Crippen LogP contribution is -2.35. The molecule has 0 aliphatic heterocycles. The van der Waals surface area contributed by atoms with Crippen molar-refractivity contribution in [3.63, 3.8) is 0 Å². The summed E-state index contributed by atoms with van der Waals surface area (Å²) in [5.74, 6) is -1.88. The fraction of sp³-hybridized carbons (Fsp3) is 0.316. The van der Waals surface area contributed by atoms with Gasteiger partial charge in [0.25, 0.3) is 0 Å². The number of phenols is 1. The van der Waals surface area contributed by atoms with Crippen molar-refractivity contribution in [2.75, 3.05) is 6.61 Å². The van der Waals surface area contributed by atoms with E-state index in [1.807, 2.05) is 0 Å². The molecule has 0 saturated carbocycles. The quantitative estimate of drug-likeness (QED) is 0.417. The van der Waals surface area contributed by atoms with E-state index in [1.165, 1.54) is 32.0 Å². The molecule has 0 spiro atoms. The van der Waals surface area contributed by atoms with Crippen molar-refractivity contribution >= 4 is 18.6 Å². The number of halogens is 2. The Labute approximate surface area is 156 Å². The van der Waals surface area contributed by atoms with Gasteiger partial charge in [0.05, 0.1) is 17.9 Å². The fourth-order valence-electron chi connectivity index (χ4n) is 2.79. The molecule has 0 radical (unpaired) electrons. The molecule has 26 heavy (non-hydrogen) atoms. The Hall–Kier alpha value is -2.12. The number of carbonyl (C=O) groups is 1. The SMILES string of the molecule is CCOC(=O)C[C@](N)(S)c1cc(-c2c(O)ccc(F)c2C)cc(C)c1F. The summed E-state index contributed by atoms with van der Waals surface area (Å²) in [6, 6.07) is 5.23. The first-order valence-corrected chi connectivity index (χ1v) is 8.49. The number of thiol groups is 1. The van der Waals surface area contributed by atoms with Gasteiger partial charge in [-0.05, 0) is 61.7 Å². The number of benzene rings is 2. The van der Waals surface area contributed by atoms with Gasteiger partial charge in [-0.1, -0.05) is 0 Å². The zero-order valence-corrected chi connectivity index (χ0v) is 15.7. The number of esters is 1. The lowest BCUT2D eigenvalue weighted by Gasteiger charge is -2.25. The Morgan fingerprint density at radius 1 is 1.31 bits per heavy atom. The summed E-state index contributed by atoms with van der Waals surface area (Å²) in [4.78, 5) is 10.1. The Morgan fingerprint density at radius 2 is 1.96 bits per heavy atom. The van der Waals surface area contributed by atoms with Crippen molar-refractivity contribution in [1.82, 2.24) is 0 Å². The largest absolute Gasteiger partial charge is 0.507 e. The zero-order chi connectivity index (χ0) is 19.6. The number of nitrogens with two attached hydrogens (primary N) is 1. The Kier molecular flexibility index (Phi) is 5.93. The second kappa shape index (κ2) is 7.63. The van der Waals surface area contributed by atoms with E-state index in [1.54, 1.807) is 6.92 Å². The van der Waals surface area contributed by atoms with Gasteiger partial charge >= 0.3 is 5.97 Å². The fourth-order valence-corrected chi connectivity index (χ4v) is 3.08. The van der Waals surface area contributed by atoms with Crippen LogP contribution in [0, 0.1) is 25.5 Å². The van der Waals surface area contributed by atoms with Crippen LogP contribution >= 0.6 is 12.6 Å². The topological polar surface area (TPSA) is 72.5 Å². The number of aryl methyl sites for hydroxylation is 1. The number of phenolic OH excluding ortho intramolecular Hbond substituents is 1. The highest BCUT2D eigenvalue weighted by atomic mass is 32.1. The van der Waals surface area contributed by atoms with Crippen LogP contribution in [-0.4, -0.2) is 17.7 Å².